The first-order chi connectivity index (χ1) is 14.3. The molecular weight excluding hydrogens is 385 g/mol. The number of hydrogen-bond donors (Lipinski definition) is 1. The van der Waals surface area contributed by atoms with Crippen LogP contribution in [0.3, 0.4) is 0 Å². The zero-order valence-corrected chi connectivity index (χ0v) is 17.6. The maximum Gasteiger partial charge on any atom is 0.295 e. The Kier molecular flexibility index (Phi) is 6.25. The summed E-state index contributed by atoms with van der Waals surface area (Å²) >= 11 is 0. The first kappa shape index (κ1) is 21.6. The van der Waals surface area contributed by atoms with Gasteiger partial charge in [-0.3, -0.25) is 9.59 Å². The van der Waals surface area contributed by atoms with Gasteiger partial charge < -0.3 is 14.7 Å². The van der Waals surface area contributed by atoms with Crippen LogP contribution in [0.15, 0.2) is 48.0 Å². The molecule has 0 aliphatic carbocycles. The van der Waals surface area contributed by atoms with Gasteiger partial charge in [0.2, 0.25) is 0 Å². The minimum atomic E-state index is -0.787. The Bertz CT molecular complexity index is 1010. The number of likely N-dealkylation sites (tertiary alicyclic amines) is 1. The lowest BCUT2D eigenvalue weighted by Crippen LogP contribution is -2.30. The van der Waals surface area contributed by atoms with Crippen LogP contribution in [0.1, 0.15) is 49.9 Å². The van der Waals surface area contributed by atoms with Crippen LogP contribution in [0, 0.1) is 12.7 Å². The molecule has 158 valence electrons. The van der Waals surface area contributed by atoms with E-state index in [0.29, 0.717) is 29.8 Å². The highest BCUT2D eigenvalue weighted by Crippen LogP contribution is 2.43. The lowest BCUT2D eigenvalue weighted by Gasteiger charge is -2.27. The van der Waals surface area contributed by atoms with Gasteiger partial charge in [-0.25, -0.2) is 4.39 Å². The van der Waals surface area contributed by atoms with Crippen LogP contribution in [0.25, 0.3) is 5.76 Å². The van der Waals surface area contributed by atoms with Crippen molar-refractivity contribution in [2.75, 3.05) is 6.54 Å². The number of rotatable bonds is 6. The van der Waals surface area contributed by atoms with Crippen molar-refractivity contribution in [1.29, 1.82) is 0 Å². The Hall–Kier alpha value is -3.15. The number of ether oxygens (including phenoxy) is 1. The molecule has 1 aliphatic rings. The van der Waals surface area contributed by atoms with Crippen LogP contribution in [0.4, 0.5) is 4.39 Å². The fraction of sp³-hybridized carbons (Fsp3) is 0.333. The van der Waals surface area contributed by atoms with Gasteiger partial charge in [-0.2, -0.15) is 0 Å². The van der Waals surface area contributed by atoms with Crippen molar-refractivity contribution in [3.05, 3.63) is 70.5 Å². The molecule has 1 fully saturated rings. The highest BCUT2D eigenvalue weighted by molar-refractivity contribution is 6.46. The van der Waals surface area contributed by atoms with Gasteiger partial charge in [-0.15, -0.1) is 0 Å². The van der Waals surface area contributed by atoms with E-state index in [1.165, 1.54) is 23.1 Å². The third kappa shape index (κ3) is 3.95. The number of carbonyl (C=O) groups is 2. The van der Waals surface area contributed by atoms with Crippen molar-refractivity contribution in [2.45, 2.75) is 46.3 Å². The van der Waals surface area contributed by atoms with E-state index in [1.54, 1.807) is 25.1 Å². The number of aliphatic hydroxyl groups excluding tert-OH is 1. The van der Waals surface area contributed by atoms with Crippen LogP contribution >= 0.6 is 0 Å². The zero-order chi connectivity index (χ0) is 22.0. The summed E-state index contributed by atoms with van der Waals surface area (Å²) < 4.78 is 19.6. The molecule has 0 bridgehead atoms. The van der Waals surface area contributed by atoms with Crippen molar-refractivity contribution < 1.29 is 23.8 Å². The average Bonchev–Trinajstić information content (AvgIpc) is 2.95. The Balaban J connectivity index is 2.23. The third-order valence-electron chi connectivity index (χ3n) is 5.01. The zero-order valence-electron chi connectivity index (χ0n) is 17.6. The van der Waals surface area contributed by atoms with E-state index < -0.39 is 23.5 Å². The van der Waals surface area contributed by atoms with E-state index in [1.807, 2.05) is 26.8 Å². The number of aryl methyl sites for hydroxylation is 1. The molecule has 30 heavy (non-hydrogen) atoms. The van der Waals surface area contributed by atoms with Gasteiger partial charge in [0, 0.05) is 17.7 Å². The molecule has 1 N–H and O–H groups in total. The number of amides is 1. The van der Waals surface area contributed by atoms with Crippen LogP contribution in [-0.2, 0) is 9.59 Å². The highest BCUT2D eigenvalue weighted by atomic mass is 19.1. The van der Waals surface area contributed by atoms with Crippen molar-refractivity contribution >= 4 is 17.4 Å². The first-order valence-corrected chi connectivity index (χ1v) is 10.1. The minimum Gasteiger partial charge on any atom is -0.507 e. The second-order valence-electron chi connectivity index (χ2n) is 7.66. The molecule has 3 rings (SSSR count). The lowest BCUT2D eigenvalue weighted by molar-refractivity contribution is -0.139. The molecule has 5 nitrogen and oxygen atoms in total. The smallest absolute Gasteiger partial charge is 0.295 e. The molecule has 6 heteroatoms. The summed E-state index contributed by atoms with van der Waals surface area (Å²) in [6.45, 7) is 7.62. The summed E-state index contributed by atoms with van der Waals surface area (Å²) in [5.74, 6) is -1.61. The topological polar surface area (TPSA) is 66.8 Å². The van der Waals surface area contributed by atoms with E-state index in [9.17, 15) is 19.1 Å². The summed E-state index contributed by atoms with van der Waals surface area (Å²) in [5, 5.41) is 11.0. The van der Waals surface area contributed by atoms with E-state index in [0.717, 1.165) is 0 Å². The molecular formula is C24H26FNO4. The number of halogens is 1. The van der Waals surface area contributed by atoms with E-state index >= 15 is 0 Å². The number of aliphatic hydroxyl groups is 1. The average molecular weight is 411 g/mol. The molecule has 1 unspecified atom stereocenters. The summed E-state index contributed by atoms with van der Waals surface area (Å²) in [5.41, 5.74) is 1.23. The van der Waals surface area contributed by atoms with Crippen LogP contribution in [0.5, 0.6) is 5.75 Å². The summed E-state index contributed by atoms with van der Waals surface area (Å²) in [4.78, 5) is 27.2. The van der Waals surface area contributed by atoms with Crippen LogP contribution in [0.2, 0.25) is 0 Å². The number of carbonyl (C=O) groups excluding carboxylic acids is 2. The predicted octanol–water partition coefficient (Wildman–Crippen LogP) is 4.75. The first-order valence-electron chi connectivity index (χ1n) is 10.1. The standard InChI is InChI=1S/C24H26FNO4/c1-5-12-26-21(17-8-6-7-9-19(17)30-14(2)3)20(23(28)24(26)29)22(27)16-10-11-18(25)15(4)13-16/h6-11,13-14,21,27H,5,12H2,1-4H3/b22-20-. The van der Waals surface area contributed by atoms with Crippen LogP contribution in [-0.4, -0.2) is 34.3 Å². The number of benzene rings is 2. The molecule has 0 radical (unpaired) electrons. The maximum absolute atomic E-state index is 13.7. The number of ketones is 1. The van der Waals surface area contributed by atoms with Gasteiger partial charge >= 0.3 is 0 Å². The minimum absolute atomic E-state index is 0.0146. The molecule has 1 heterocycles. The Morgan fingerprint density at radius 1 is 1.20 bits per heavy atom. The van der Waals surface area contributed by atoms with Gasteiger partial charge in [0.25, 0.3) is 11.7 Å². The highest BCUT2D eigenvalue weighted by Gasteiger charge is 2.46. The third-order valence-corrected chi connectivity index (χ3v) is 5.01. The van der Waals surface area contributed by atoms with Gasteiger partial charge in [-0.1, -0.05) is 25.1 Å². The second-order valence-corrected chi connectivity index (χ2v) is 7.66. The lowest BCUT2D eigenvalue weighted by atomic mass is 9.94. The fourth-order valence-electron chi connectivity index (χ4n) is 3.69. The summed E-state index contributed by atoms with van der Waals surface area (Å²) in [6.07, 6.45) is 0.534. The number of nitrogens with zero attached hydrogens (tertiary/aromatic N) is 1. The van der Waals surface area contributed by atoms with Gasteiger partial charge in [-0.05, 0) is 57.0 Å². The summed E-state index contributed by atoms with van der Waals surface area (Å²) in [6, 6.07) is 10.5. The van der Waals surface area contributed by atoms with Crippen molar-refractivity contribution in [2.24, 2.45) is 0 Å². The summed E-state index contributed by atoms with van der Waals surface area (Å²) in [7, 11) is 0. The fourth-order valence-corrected chi connectivity index (χ4v) is 3.69. The SMILES string of the molecule is CCCN1C(=O)C(=O)/C(=C(\O)c2ccc(F)c(C)c2)C1c1ccccc1OC(C)C. The molecule has 1 atom stereocenters. The van der Waals surface area contributed by atoms with E-state index in [-0.39, 0.29) is 23.0 Å². The molecule has 2 aromatic rings. The van der Waals surface area contributed by atoms with Gasteiger partial charge in [0.1, 0.15) is 17.3 Å². The normalized spacial score (nSPS) is 18.3. The van der Waals surface area contributed by atoms with Crippen molar-refractivity contribution in [3.8, 4) is 5.75 Å². The van der Waals surface area contributed by atoms with E-state index in [4.69, 9.17) is 4.74 Å². The second kappa shape index (κ2) is 8.69. The van der Waals surface area contributed by atoms with Crippen molar-refractivity contribution in [1.82, 2.24) is 4.90 Å². The Morgan fingerprint density at radius 2 is 1.90 bits per heavy atom. The maximum atomic E-state index is 13.7. The largest absolute Gasteiger partial charge is 0.507 e. The number of hydrogen-bond acceptors (Lipinski definition) is 4. The molecule has 0 spiro atoms. The number of Topliss-reactive ketones (excluding diaryl/α,β-unsaturated/α-hetero) is 1. The van der Waals surface area contributed by atoms with Crippen LogP contribution < -0.4 is 4.74 Å². The quantitative estimate of drug-likeness (QED) is 0.423. The van der Waals surface area contributed by atoms with Gasteiger partial charge in [0.05, 0.1) is 17.7 Å². The molecule has 0 saturated carbocycles. The molecule has 0 aromatic heterocycles. The molecule has 2 aromatic carbocycles. The Labute approximate surface area is 175 Å². The Morgan fingerprint density at radius 3 is 2.53 bits per heavy atom. The molecule has 1 amide bonds. The number of para-hydroxylation sites is 1. The van der Waals surface area contributed by atoms with Gasteiger partial charge in [0.15, 0.2) is 0 Å². The van der Waals surface area contributed by atoms with E-state index in [2.05, 4.69) is 0 Å². The molecule has 1 aliphatic heterocycles. The molecule has 1 saturated heterocycles. The predicted molar refractivity (Wildman–Crippen MR) is 113 cm³/mol. The van der Waals surface area contributed by atoms with Crippen molar-refractivity contribution in [3.63, 3.8) is 0 Å². The monoisotopic (exact) mass is 411 g/mol.